The van der Waals surface area contributed by atoms with Crippen molar-refractivity contribution in [3.8, 4) is 5.75 Å². The molecule has 1 saturated carbocycles. The molecule has 1 aliphatic rings. The molecule has 0 amide bonds. The summed E-state index contributed by atoms with van der Waals surface area (Å²) >= 11 is 0. The lowest BCUT2D eigenvalue weighted by Crippen LogP contribution is -2.01. The average Bonchev–Trinajstić information content (AvgIpc) is 3.21. The second kappa shape index (κ2) is 5.35. The van der Waals surface area contributed by atoms with Crippen LogP contribution in [0.25, 0.3) is 0 Å². The lowest BCUT2D eigenvalue weighted by atomic mass is 10.1. The summed E-state index contributed by atoms with van der Waals surface area (Å²) in [5, 5.41) is 3.44. The first kappa shape index (κ1) is 12.1. The first-order chi connectivity index (χ1) is 9.29. The van der Waals surface area contributed by atoms with Gasteiger partial charge in [0, 0.05) is 18.3 Å². The summed E-state index contributed by atoms with van der Waals surface area (Å²) in [6, 6.07) is 16.8. The minimum Gasteiger partial charge on any atom is -0.490 e. The van der Waals surface area contributed by atoms with Crippen LogP contribution in [0.15, 0.2) is 48.5 Å². The van der Waals surface area contributed by atoms with E-state index in [-0.39, 0.29) is 0 Å². The van der Waals surface area contributed by atoms with E-state index in [0.29, 0.717) is 6.10 Å². The molecule has 2 aromatic rings. The minimum absolute atomic E-state index is 0.451. The van der Waals surface area contributed by atoms with Gasteiger partial charge in [-0.3, -0.25) is 0 Å². The number of nitrogens with one attached hydrogen (secondary N) is 1. The van der Waals surface area contributed by atoms with Gasteiger partial charge in [-0.25, -0.2) is 0 Å². The van der Waals surface area contributed by atoms with Crippen molar-refractivity contribution in [1.82, 2.24) is 0 Å². The Morgan fingerprint density at radius 2 is 1.95 bits per heavy atom. The van der Waals surface area contributed by atoms with Gasteiger partial charge in [-0.15, -0.1) is 0 Å². The van der Waals surface area contributed by atoms with Gasteiger partial charge in [-0.1, -0.05) is 35.9 Å². The van der Waals surface area contributed by atoms with E-state index in [1.807, 2.05) is 12.1 Å². The topological polar surface area (TPSA) is 21.3 Å². The molecule has 2 nitrogen and oxygen atoms in total. The van der Waals surface area contributed by atoms with Crippen LogP contribution in [0.1, 0.15) is 24.0 Å². The van der Waals surface area contributed by atoms with Crippen LogP contribution in [0.4, 0.5) is 5.69 Å². The van der Waals surface area contributed by atoms with E-state index in [9.17, 15) is 0 Å². The molecule has 0 heterocycles. The highest BCUT2D eigenvalue weighted by atomic mass is 16.5. The molecule has 0 unspecified atom stereocenters. The van der Waals surface area contributed by atoms with Crippen molar-refractivity contribution < 1.29 is 4.74 Å². The van der Waals surface area contributed by atoms with Crippen LogP contribution < -0.4 is 10.1 Å². The van der Waals surface area contributed by atoms with Gasteiger partial charge >= 0.3 is 0 Å². The maximum Gasteiger partial charge on any atom is 0.121 e. The third-order valence-corrected chi connectivity index (χ3v) is 3.24. The Morgan fingerprint density at radius 1 is 1.11 bits per heavy atom. The molecule has 0 spiro atoms. The molecular formula is C17H19NO. The minimum atomic E-state index is 0.451. The summed E-state index contributed by atoms with van der Waals surface area (Å²) in [5.74, 6) is 0.969. The smallest absolute Gasteiger partial charge is 0.121 e. The SMILES string of the molecule is Cc1cccc(CNc2cccc(OC3CC3)c2)c1. The molecule has 1 fully saturated rings. The van der Waals surface area contributed by atoms with E-state index in [4.69, 9.17) is 4.74 Å². The van der Waals surface area contributed by atoms with Crippen molar-refractivity contribution in [1.29, 1.82) is 0 Å². The second-order valence-corrected chi connectivity index (χ2v) is 5.19. The Bertz CT molecular complexity index is 561. The summed E-state index contributed by atoms with van der Waals surface area (Å²) in [5.41, 5.74) is 3.71. The van der Waals surface area contributed by atoms with Crippen molar-refractivity contribution in [3.05, 3.63) is 59.7 Å². The first-order valence-corrected chi connectivity index (χ1v) is 6.86. The van der Waals surface area contributed by atoms with Crippen LogP contribution in [-0.4, -0.2) is 6.10 Å². The van der Waals surface area contributed by atoms with Crippen LogP contribution in [0.5, 0.6) is 5.75 Å². The Kier molecular flexibility index (Phi) is 3.41. The number of hydrogen-bond donors (Lipinski definition) is 1. The first-order valence-electron chi connectivity index (χ1n) is 6.86. The van der Waals surface area contributed by atoms with Crippen LogP contribution >= 0.6 is 0 Å². The standard InChI is InChI=1S/C17H19NO/c1-13-4-2-5-14(10-13)12-18-15-6-3-7-17(11-15)19-16-8-9-16/h2-7,10-11,16,18H,8-9,12H2,1H3. The van der Waals surface area contributed by atoms with Crippen LogP contribution in [-0.2, 0) is 6.54 Å². The molecule has 1 aliphatic carbocycles. The fraction of sp³-hybridized carbons (Fsp3) is 0.294. The molecule has 0 aromatic heterocycles. The molecule has 0 atom stereocenters. The highest BCUT2D eigenvalue weighted by molar-refractivity contribution is 5.48. The Morgan fingerprint density at radius 3 is 2.74 bits per heavy atom. The predicted molar refractivity (Wildman–Crippen MR) is 78.6 cm³/mol. The summed E-state index contributed by atoms with van der Waals surface area (Å²) in [6.07, 6.45) is 2.84. The molecule has 3 rings (SSSR count). The van der Waals surface area contributed by atoms with Gasteiger partial charge in [-0.05, 0) is 37.5 Å². The summed E-state index contributed by atoms with van der Waals surface area (Å²) in [4.78, 5) is 0. The van der Waals surface area contributed by atoms with Crippen LogP contribution in [0.3, 0.4) is 0 Å². The van der Waals surface area contributed by atoms with Gasteiger partial charge in [0.15, 0.2) is 0 Å². The summed E-state index contributed by atoms with van der Waals surface area (Å²) < 4.78 is 5.80. The Hall–Kier alpha value is -1.96. The molecule has 0 bridgehead atoms. The van der Waals surface area contributed by atoms with Gasteiger partial charge < -0.3 is 10.1 Å². The number of benzene rings is 2. The molecule has 0 aliphatic heterocycles. The van der Waals surface area contributed by atoms with E-state index >= 15 is 0 Å². The Labute approximate surface area is 114 Å². The third-order valence-electron chi connectivity index (χ3n) is 3.24. The fourth-order valence-corrected chi connectivity index (χ4v) is 2.08. The maximum absolute atomic E-state index is 5.80. The second-order valence-electron chi connectivity index (χ2n) is 5.19. The zero-order valence-electron chi connectivity index (χ0n) is 11.2. The molecule has 98 valence electrons. The quantitative estimate of drug-likeness (QED) is 0.864. The average molecular weight is 253 g/mol. The highest BCUT2D eigenvalue weighted by Crippen LogP contribution is 2.28. The fourth-order valence-electron chi connectivity index (χ4n) is 2.08. The van der Waals surface area contributed by atoms with Gasteiger partial charge in [0.05, 0.1) is 6.10 Å². The van der Waals surface area contributed by atoms with E-state index in [1.54, 1.807) is 0 Å². The molecule has 19 heavy (non-hydrogen) atoms. The van der Waals surface area contributed by atoms with Crippen molar-refractivity contribution in [2.45, 2.75) is 32.4 Å². The van der Waals surface area contributed by atoms with Gasteiger partial charge in [0.2, 0.25) is 0 Å². The third kappa shape index (κ3) is 3.50. The largest absolute Gasteiger partial charge is 0.490 e. The van der Waals surface area contributed by atoms with Crippen LogP contribution in [0.2, 0.25) is 0 Å². The molecular weight excluding hydrogens is 234 g/mol. The lowest BCUT2D eigenvalue weighted by Gasteiger charge is -2.10. The number of aryl methyl sites for hydroxylation is 1. The molecule has 0 radical (unpaired) electrons. The number of hydrogen-bond acceptors (Lipinski definition) is 2. The van der Waals surface area contributed by atoms with Gasteiger partial charge in [0.25, 0.3) is 0 Å². The van der Waals surface area contributed by atoms with Crippen molar-refractivity contribution in [2.75, 3.05) is 5.32 Å². The normalized spacial score (nSPS) is 14.2. The number of rotatable bonds is 5. The van der Waals surface area contributed by atoms with Gasteiger partial charge in [-0.2, -0.15) is 0 Å². The Balaban J connectivity index is 1.62. The molecule has 0 saturated heterocycles. The lowest BCUT2D eigenvalue weighted by molar-refractivity contribution is 0.303. The van der Waals surface area contributed by atoms with E-state index in [2.05, 4.69) is 48.6 Å². The van der Waals surface area contributed by atoms with Crippen molar-refractivity contribution in [3.63, 3.8) is 0 Å². The van der Waals surface area contributed by atoms with Crippen molar-refractivity contribution in [2.24, 2.45) is 0 Å². The number of ether oxygens (including phenoxy) is 1. The predicted octanol–water partition coefficient (Wildman–Crippen LogP) is 4.15. The zero-order valence-corrected chi connectivity index (χ0v) is 11.2. The monoisotopic (exact) mass is 253 g/mol. The maximum atomic E-state index is 5.80. The van der Waals surface area contributed by atoms with E-state index in [1.165, 1.54) is 24.0 Å². The summed E-state index contributed by atoms with van der Waals surface area (Å²) in [6.45, 7) is 2.96. The van der Waals surface area contributed by atoms with Crippen molar-refractivity contribution >= 4 is 5.69 Å². The highest BCUT2D eigenvalue weighted by Gasteiger charge is 2.23. The number of anilines is 1. The summed E-state index contributed by atoms with van der Waals surface area (Å²) in [7, 11) is 0. The van der Waals surface area contributed by atoms with Crippen LogP contribution in [0, 0.1) is 6.92 Å². The molecule has 2 heteroatoms. The van der Waals surface area contributed by atoms with E-state index in [0.717, 1.165) is 18.0 Å². The molecule has 2 aromatic carbocycles. The van der Waals surface area contributed by atoms with Gasteiger partial charge in [0.1, 0.15) is 5.75 Å². The molecule has 1 N–H and O–H groups in total. The van der Waals surface area contributed by atoms with E-state index < -0.39 is 0 Å². The zero-order chi connectivity index (χ0) is 13.1.